The van der Waals surface area contributed by atoms with Gasteiger partial charge in [-0.15, -0.1) is 0 Å². The molecule has 0 unspecified atom stereocenters. The highest BCUT2D eigenvalue weighted by Gasteiger charge is 2.70. The van der Waals surface area contributed by atoms with E-state index in [1.54, 1.807) is 0 Å². The Hall–Kier alpha value is -2.47. The molecule has 2 bridgehead atoms. The Labute approximate surface area is 122 Å². The zero-order valence-electron chi connectivity index (χ0n) is 12.0. The lowest BCUT2D eigenvalue weighted by Gasteiger charge is -2.41. The molecule has 0 aromatic carbocycles. The first-order valence-corrected chi connectivity index (χ1v) is 6.71. The number of aromatic nitrogens is 2. The number of hydrogen-bond donors (Lipinski definition) is 0. The molecule has 6 nitrogen and oxygen atoms in total. The number of rotatable bonds is 1. The average Bonchev–Trinajstić information content (AvgIpc) is 2.74. The van der Waals surface area contributed by atoms with E-state index in [1.807, 2.05) is 32.9 Å². The van der Waals surface area contributed by atoms with E-state index >= 15 is 0 Å². The zero-order valence-corrected chi connectivity index (χ0v) is 12.0. The van der Waals surface area contributed by atoms with Crippen molar-refractivity contribution in [1.29, 1.82) is 10.5 Å². The summed E-state index contributed by atoms with van der Waals surface area (Å²) < 4.78 is 0. The monoisotopic (exact) mass is 281 g/mol. The molecule has 1 aromatic heterocycles. The Morgan fingerprint density at radius 2 is 1.62 bits per heavy atom. The zero-order chi connectivity index (χ0) is 15.6. The second-order valence-electron chi connectivity index (χ2n) is 6.49. The number of hydrogen-bond acceptors (Lipinski definition) is 6. The normalized spacial score (nSPS) is 31.3. The summed E-state index contributed by atoms with van der Waals surface area (Å²) in [7, 11) is 0. The minimum Gasteiger partial charge on any atom is -0.549 e. The van der Waals surface area contributed by atoms with Gasteiger partial charge in [0.25, 0.3) is 0 Å². The molecule has 1 saturated carbocycles. The summed E-state index contributed by atoms with van der Waals surface area (Å²) in [5.74, 6) is -1.18. The molecule has 3 rings (SSSR count). The highest BCUT2D eigenvalue weighted by molar-refractivity contribution is 5.84. The second kappa shape index (κ2) is 3.59. The van der Waals surface area contributed by atoms with Gasteiger partial charge in [-0.05, 0) is 18.3 Å². The number of carbonyl (C=O) groups is 1. The number of carboxylic acids is 1. The SMILES string of the molecule is CC1(C)[C@]2(C)CC[C@@]1(C(=O)[O-])c1nc(C#N)c(C#N)nc12. The maximum atomic E-state index is 11.9. The van der Waals surface area contributed by atoms with E-state index < -0.39 is 22.2 Å². The Morgan fingerprint density at radius 3 is 2.10 bits per heavy atom. The van der Waals surface area contributed by atoms with Gasteiger partial charge in [0.15, 0.2) is 11.4 Å². The van der Waals surface area contributed by atoms with Gasteiger partial charge in [-0.2, -0.15) is 10.5 Å². The van der Waals surface area contributed by atoms with Crippen molar-refractivity contribution < 1.29 is 9.90 Å². The lowest BCUT2D eigenvalue weighted by molar-refractivity contribution is -0.317. The van der Waals surface area contributed by atoms with Crippen LogP contribution in [0.3, 0.4) is 0 Å². The van der Waals surface area contributed by atoms with Gasteiger partial charge in [-0.25, -0.2) is 9.97 Å². The number of carboxylic acid groups (broad SMARTS) is 1. The van der Waals surface area contributed by atoms with E-state index in [0.29, 0.717) is 24.2 Å². The van der Waals surface area contributed by atoms with Crippen molar-refractivity contribution in [3.8, 4) is 12.1 Å². The summed E-state index contributed by atoms with van der Waals surface area (Å²) in [6.45, 7) is 5.69. The van der Waals surface area contributed by atoms with Gasteiger partial charge >= 0.3 is 0 Å². The fourth-order valence-corrected chi connectivity index (χ4v) is 4.09. The van der Waals surface area contributed by atoms with Gasteiger partial charge in [0.2, 0.25) is 0 Å². The van der Waals surface area contributed by atoms with Gasteiger partial charge in [0, 0.05) is 5.41 Å². The molecule has 1 heterocycles. The fourth-order valence-electron chi connectivity index (χ4n) is 4.09. The van der Waals surface area contributed by atoms with Gasteiger partial charge in [-0.1, -0.05) is 20.8 Å². The Balaban J connectivity index is 2.44. The Kier molecular flexibility index (Phi) is 2.31. The molecule has 1 aromatic rings. The van der Waals surface area contributed by atoms with Gasteiger partial charge in [-0.3, -0.25) is 0 Å². The molecule has 0 spiro atoms. The van der Waals surface area contributed by atoms with Crippen LogP contribution in [0, 0.1) is 28.1 Å². The van der Waals surface area contributed by atoms with Crippen LogP contribution < -0.4 is 5.11 Å². The van der Waals surface area contributed by atoms with Crippen LogP contribution in [0.5, 0.6) is 0 Å². The molecule has 6 heteroatoms. The van der Waals surface area contributed by atoms with Crippen molar-refractivity contribution in [3.05, 3.63) is 22.8 Å². The first-order chi connectivity index (χ1) is 9.76. The van der Waals surface area contributed by atoms with Crippen LogP contribution in [0.4, 0.5) is 0 Å². The van der Waals surface area contributed by atoms with Crippen LogP contribution in [0.2, 0.25) is 0 Å². The molecule has 2 aliphatic carbocycles. The third-order valence-corrected chi connectivity index (χ3v) is 5.83. The smallest absolute Gasteiger partial charge is 0.177 e. The molecule has 2 atom stereocenters. The molecule has 0 N–H and O–H groups in total. The number of nitriles is 2. The summed E-state index contributed by atoms with van der Waals surface area (Å²) in [6, 6.07) is 3.69. The number of aliphatic carboxylic acids is 1. The lowest BCUT2D eigenvalue weighted by Crippen LogP contribution is -2.52. The maximum absolute atomic E-state index is 11.9. The molecule has 0 aliphatic heterocycles. The largest absolute Gasteiger partial charge is 0.549 e. The Bertz CT molecular complexity index is 771. The van der Waals surface area contributed by atoms with Crippen LogP contribution in [0.25, 0.3) is 0 Å². The molecular formula is C15H13N4O2-. The van der Waals surface area contributed by atoms with Gasteiger partial charge in [0.05, 0.1) is 22.8 Å². The molecule has 0 radical (unpaired) electrons. The minimum atomic E-state index is -1.25. The van der Waals surface area contributed by atoms with Crippen LogP contribution >= 0.6 is 0 Å². The van der Waals surface area contributed by atoms with Crippen LogP contribution in [0.1, 0.15) is 56.4 Å². The third-order valence-electron chi connectivity index (χ3n) is 5.83. The van der Waals surface area contributed by atoms with Gasteiger partial charge < -0.3 is 9.90 Å². The summed E-state index contributed by atoms with van der Waals surface area (Å²) in [5, 5.41) is 30.1. The van der Waals surface area contributed by atoms with Crippen LogP contribution in [-0.4, -0.2) is 15.9 Å². The molecular weight excluding hydrogens is 268 g/mol. The number of carbonyl (C=O) groups excluding carboxylic acids is 1. The van der Waals surface area contributed by atoms with Crippen molar-refractivity contribution in [2.75, 3.05) is 0 Å². The molecule has 0 saturated heterocycles. The first-order valence-electron chi connectivity index (χ1n) is 6.71. The van der Waals surface area contributed by atoms with Crippen molar-refractivity contribution in [2.24, 2.45) is 5.41 Å². The molecule has 0 amide bonds. The average molecular weight is 281 g/mol. The molecule has 1 fully saturated rings. The molecule has 21 heavy (non-hydrogen) atoms. The van der Waals surface area contributed by atoms with E-state index in [-0.39, 0.29) is 11.4 Å². The van der Waals surface area contributed by atoms with E-state index in [4.69, 9.17) is 10.5 Å². The number of nitrogens with zero attached hydrogens (tertiary/aromatic N) is 4. The Morgan fingerprint density at radius 1 is 1.10 bits per heavy atom. The van der Waals surface area contributed by atoms with Gasteiger partial charge in [0.1, 0.15) is 12.1 Å². The highest BCUT2D eigenvalue weighted by Crippen LogP contribution is 2.69. The summed E-state index contributed by atoms with van der Waals surface area (Å²) in [4.78, 5) is 20.4. The van der Waals surface area contributed by atoms with E-state index in [9.17, 15) is 9.90 Å². The third kappa shape index (κ3) is 1.15. The summed E-state index contributed by atoms with van der Waals surface area (Å²) >= 11 is 0. The van der Waals surface area contributed by atoms with Crippen molar-refractivity contribution in [3.63, 3.8) is 0 Å². The lowest BCUT2D eigenvalue weighted by atomic mass is 9.64. The highest BCUT2D eigenvalue weighted by atomic mass is 16.4. The van der Waals surface area contributed by atoms with Crippen LogP contribution in [-0.2, 0) is 15.6 Å². The predicted molar refractivity (Wildman–Crippen MR) is 68.5 cm³/mol. The molecule has 2 aliphatic rings. The van der Waals surface area contributed by atoms with Crippen molar-refractivity contribution in [1.82, 2.24) is 9.97 Å². The topological polar surface area (TPSA) is 113 Å². The first kappa shape index (κ1) is 13.5. The van der Waals surface area contributed by atoms with Crippen molar-refractivity contribution >= 4 is 5.97 Å². The standard InChI is InChI=1S/C15H14N4O2/c1-13(2)14(3)4-5-15(13,12(20)21)11-10(14)18-8(6-16)9(7-17)19-11/h4-5H2,1-3H3,(H,20,21)/p-1/t14-,15+/m1/s1. The fraction of sp³-hybridized carbons (Fsp3) is 0.533. The number of fused-ring (bicyclic) bond motifs is 5. The predicted octanol–water partition coefficient (Wildman–Crippen LogP) is 0.299. The second-order valence-corrected chi connectivity index (χ2v) is 6.49. The quantitative estimate of drug-likeness (QED) is 0.731. The minimum absolute atomic E-state index is 0.0469. The van der Waals surface area contributed by atoms with E-state index in [2.05, 4.69) is 9.97 Å². The maximum Gasteiger partial charge on any atom is 0.177 e. The summed E-state index contributed by atoms with van der Waals surface area (Å²) in [6.07, 6.45) is 1.06. The van der Waals surface area contributed by atoms with Crippen LogP contribution in [0.15, 0.2) is 0 Å². The van der Waals surface area contributed by atoms with E-state index in [0.717, 1.165) is 0 Å². The molecule has 106 valence electrons. The van der Waals surface area contributed by atoms with Crippen molar-refractivity contribution in [2.45, 2.75) is 44.4 Å². The summed E-state index contributed by atoms with van der Waals surface area (Å²) in [5.41, 5.74) is -1.71. The van der Waals surface area contributed by atoms with E-state index in [1.165, 1.54) is 0 Å².